The molecule has 3 rings (SSSR count). The van der Waals surface area contributed by atoms with E-state index in [4.69, 9.17) is 0 Å². The molecule has 0 fully saturated rings. The van der Waals surface area contributed by atoms with Gasteiger partial charge in [-0.2, -0.15) is 0 Å². The molecule has 18 heavy (non-hydrogen) atoms. The number of phenolic OH excluding ortho intramolecular Hbond substituents is 1. The second-order valence-corrected chi connectivity index (χ2v) is 4.51. The Kier molecular flexibility index (Phi) is 2.40. The molecule has 0 spiro atoms. The predicted octanol–water partition coefficient (Wildman–Crippen LogP) is 3.05. The number of hydrogen-bond acceptors (Lipinski definition) is 2. The fourth-order valence-corrected chi connectivity index (χ4v) is 2.44. The molecular weight excluding hydrogens is 231 g/mol. The van der Waals surface area contributed by atoms with Gasteiger partial charge in [0.15, 0.2) is 5.78 Å². The van der Waals surface area contributed by atoms with Crippen LogP contribution >= 0.6 is 0 Å². The number of carbonyl (C=O) groups excluding carboxylic acids is 1. The summed E-state index contributed by atoms with van der Waals surface area (Å²) in [5.41, 5.74) is 2.33. The van der Waals surface area contributed by atoms with E-state index in [1.54, 1.807) is 24.3 Å². The van der Waals surface area contributed by atoms with Crippen molar-refractivity contribution < 1.29 is 14.3 Å². The van der Waals surface area contributed by atoms with Crippen molar-refractivity contribution in [2.75, 3.05) is 0 Å². The normalized spacial score (nSPS) is 17.8. The van der Waals surface area contributed by atoms with Crippen molar-refractivity contribution in [2.45, 2.75) is 12.3 Å². The minimum Gasteiger partial charge on any atom is -0.508 e. The van der Waals surface area contributed by atoms with E-state index in [1.165, 1.54) is 18.2 Å². The summed E-state index contributed by atoms with van der Waals surface area (Å²) in [6.45, 7) is 0. The first-order chi connectivity index (χ1) is 8.65. The van der Waals surface area contributed by atoms with Crippen LogP contribution in [0, 0.1) is 5.82 Å². The second kappa shape index (κ2) is 3.95. The van der Waals surface area contributed by atoms with Crippen LogP contribution in [-0.2, 0) is 6.42 Å². The van der Waals surface area contributed by atoms with Gasteiger partial charge >= 0.3 is 0 Å². The van der Waals surface area contributed by atoms with Gasteiger partial charge in [-0.1, -0.05) is 18.2 Å². The van der Waals surface area contributed by atoms with Gasteiger partial charge < -0.3 is 5.11 Å². The number of halogens is 1. The molecule has 1 atom stereocenters. The van der Waals surface area contributed by atoms with Crippen molar-refractivity contribution in [3.8, 4) is 5.75 Å². The minimum absolute atomic E-state index is 0.00694. The van der Waals surface area contributed by atoms with Gasteiger partial charge in [0.2, 0.25) is 0 Å². The Balaban J connectivity index is 1.99. The fraction of sp³-hybridized carbons (Fsp3) is 0.133. The number of phenols is 1. The summed E-state index contributed by atoms with van der Waals surface area (Å²) in [6.07, 6.45) is 0.611. The molecule has 2 aromatic rings. The van der Waals surface area contributed by atoms with E-state index < -0.39 is 0 Å². The van der Waals surface area contributed by atoms with Gasteiger partial charge in [0.25, 0.3) is 0 Å². The predicted molar refractivity (Wildman–Crippen MR) is 65.3 cm³/mol. The monoisotopic (exact) mass is 242 g/mol. The van der Waals surface area contributed by atoms with Crippen LogP contribution in [0.5, 0.6) is 5.75 Å². The van der Waals surface area contributed by atoms with Crippen LogP contribution in [0.15, 0.2) is 42.5 Å². The van der Waals surface area contributed by atoms with Gasteiger partial charge in [-0.25, -0.2) is 4.39 Å². The summed E-state index contributed by atoms with van der Waals surface area (Å²) in [7, 11) is 0. The van der Waals surface area contributed by atoms with Crippen molar-refractivity contribution in [1.82, 2.24) is 0 Å². The zero-order valence-electron chi connectivity index (χ0n) is 9.56. The summed E-state index contributed by atoms with van der Waals surface area (Å²) in [5.74, 6) is -0.476. The van der Waals surface area contributed by atoms with Crippen molar-refractivity contribution in [3.63, 3.8) is 0 Å². The zero-order valence-corrected chi connectivity index (χ0v) is 9.56. The summed E-state index contributed by atoms with van der Waals surface area (Å²) in [6, 6.07) is 10.9. The first-order valence-electron chi connectivity index (χ1n) is 5.77. The Labute approximate surface area is 104 Å². The quantitative estimate of drug-likeness (QED) is 0.834. The topological polar surface area (TPSA) is 37.3 Å². The van der Waals surface area contributed by atoms with Crippen LogP contribution in [0.25, 0.3) is 0 Å². The van der Waals surface area contributed by atoms with E-state index in [1.807, 2.05) is 0 Å². The summed E-state index contributed by atoms with van der Waals surface area (Å²) in [4.78, 5) is 12.2. The average Bonchev–Trinajstić information content (AvgIpc) is 2.68. The summed E-state index contributed by atoms with van der Waals surface area (Å²) < 4.78 is 12.9. The molecular formula is C15H11FO2. The third-order valence-electron chi connectivity index (χ3n) is 3.37. The lowest BCUT2D eigenvalue weighted by molar-refractivity contribution is 0.0972. The van der Waals surface area contributed by atoms with Crippen LogP contribution in [0.2, 0.25) is 0 Å². The molecule has 0 bridgehead atoms. The number of rotatable bonds is 1. The minimum atomic E-state index is -0.306. The van der Waals surface area contributed by atoms with E-state index in [2.05, 4.69) is 0 Å². The first-order valence-corrected chi connectivity index (χ1v) is 5.77. The molecule has 2 nitrogen and oxygen atoms in total. The zero-order chi connectivity index (χ0) is 12.7. The molecule has 0 saturated heterocycles. The van der Waals surface area contributed by atoms with Gasteiger partial charge in [-0.15, -0.1) is 0 Å². The molecule has 0 amide bonds. The Hall–Kier alpha value is -2.16. The molecule has 0 aromatic heterocycles. The van der Waals surface area contributed by atoms with E-state index >= 15 is 0 Å². The number of ketones is 1. The lowest BCUT2D eigenvalue weighted by Gasteiger charge is -2.07. The number of hydrogen-bond donors (Lipinski definition) is 1. The van der Waals surface area contributed by atoms with Crippen LogP contribution in [0.1, 0.15) is 27.4 Å². The van der Waals surface area contributed by atoms with Crippen molar-refractivity contribution in [2.24, 2.45) is 0 Å². The molecule has 1 aliphatic rings. The highest BCUT2D eigenvalue weighted by atomic mass is 19.1. The van der Waals surface area contributed by atoms with E-state index in [0.717, 1.165) is 11.1 Å². The molecule has 1 unspecified atom stereocenters. The molecule has 0 radical (unpaired) electrons. The van der Waals surface area contributed by atoms with Gasteiger partial charge in [0, 0.05) is 5.56 Å². The Morgan fingerprint density at radius 1 is 1.11 bits per heavy atom. The largest absolute Gasteiger partial charge is 0.508 e. The van der Waals surface area contributed by atoms with Crippen LogP contribution in [0.3, 0.4) is 0 Å². The van der Waals surface area contributed by atoms with E-state index in [9.17, 15) is 14.3 Å². The Bertz CT molecular complexity index is 617. The molecule has 0 saturated carbocycles. The number of carbonyl (C=O) groups is 1. The van der Waals surface area contributed by atoms with Crippen molar-refractivity contribution in [3.05, 3.63) is 65.0 Å². The number of aromatic hydroxyl groups is 1. The Morgan fingerprint density at radius 2 is 1.83 bits per heavy atom. The van der Waals surface area contributed by atoms with E-state index in [-0.39, 0.29) is 23.3 Å². The number of benzene rings is 2. The number of fused-ring (bicyclic) bond motifs is 1. The van der Waals surface area contributed by atoms with Crippen molar-refractivity contribution in [1.29, 1.82) is 0 Å². The lowest BCUT2D eigenvalue weighted by atomic mass is 9.95. The first kappa shape index (κ1) is 11.0. The lowest BCUT2D eigenvalue weighted by Crippen LogP contribution is -2.06. The maximum Gasteiger partial charge on any atom is 0.171 e. The summed E-state index contributed by atoms with van der Waals surface area (Å²) in [5, 5.41) is 9.41. The molecule has 1 N–H and O–H groups in total. The van der Waals surface area contributed by atoms with Gasteiger partial charge in [-0.05, 0) is 41.8 Å². The highest BCUT2D eigenvalue weighted by molar-refractivity contribution is 6.05. The van der Waals surface area contributed by atoms with Gasteiger partial charge in [-0.3, -0.25) is 4.79 Å². The molecule has 3 heteroatoms. The smallest absolute Gasteiger partial charge is 0.171 e. The SMILES string of the molecule is O=C1c2cc(O)ccc2CC1c1ccc(F)cc1. The third kappa shape index (κ3) is 1.68. The molecule has 0 heterocycles. The van der Waals surface area contributed by atoms with E-state index in [0.29, 0.717) is 12.0 Å². The standard InChI is InChI=1S/C15H11FO2/c16-11-4-1-9(2-5-11)13-7-10-3-6-12(17)8-14(10)15(13)18/h1-6,8,13,17H,7H2. The maximum absolute atomic E-state index is 12.9. The van der Waals surface area contributed by atoms with Gasteiger partial charge in [0.1, 0.15) is 11.6 Å². The second-order valence-electron chi connectivity index (χ2n) is 4.51. The highest BCUT2D eigenvalue weighted by Crippen LogP contribution is 2.35. The van der Waals surface area contributed by atoms with Crippen LogP contribution in [0.4, 0.5) is 4.39 Å². The average molecular weight is 242 g/mol. The highest BCUT2D eigenvalue weighted by Gasteiger charge is 2.31. The van der Waals surface area contributed by atoms with Crippen LogP contribution in [-0.4, -0.2) is 10.9 Å². The summed E-state index contributed by atoms with van der Waals surface area (Å²) >= 11 is 0. The Morgan fingerprint density at radius 3 is 2.56 bits per heavy atom. The van der Waals surface area contributed by atoms with Gasteiger partial charge in [0.05, 0.1) is 5.92 Å². The molecule has 0 aliphatic heterocycles. The molecule has 90 valence electrons. The fourth-order valence-electron chi connectivity index (χ4n) is 2.44. The maximum atomic E-state index is 12.9. The van der Waals surface area contributed by atoms with Crippen LogP contribution < -0.4 is 0 Å². The van der Waals surface area contributed by atoms with Crippen molar-refractivity contribution >= 4 is 5.78 Å². The number of Topliss-reactive ketones (excluding diaryl/α,β-unsaturated/α-hetero) is 1. The molecule has 1 aliphatic carbocycles. The third-order valence-corrected chi connectivity index (χ3v) is 3.37. The molecule has 2 aromatic carbocycles.